The van der Waals surface area contributed by atoms with E-state index in [4.69, 9.17) is 4.74 Å². The van der Waals surface area contributed by atoms with E-state index in [1.54, 1.807) is 24.3 Å². The first-order valence-corrected chi connectivity index (χ1v) is 6.73. The van der Waals surface area contributed by atoms with Crippen LogP contribution in [0, 0.1) is 0 Å². The summed E-state index contributed by atoms with van der Waals surface area (Å²) in [5.74, 6) is -0.242. The minimum absolute atomic E-state index is 0.191. The van der Waals surface area contributed by atoms with Crippen molar-refractivity contribution in [1.29, 1.82) is 0 Å². The highest BCUT2D eigenvalue weighted by Crippen LogP contribution is 2.34. The van der Waals surface area contributed by atoms with Crippen molar-refractivity contribution in [3.05, 3.63) is 36.4 Å². The van der Waals surface area contributed by atoms with Crippen LogP contribution in [0.4, 0.5) is 13.2 Å². The van der Waals surface area contributed by atoms with Crippen LogP contribution in [0.1, 0.15) is 0 Å². The first kappa shape index (κ1) is 14.4. The molecule has 0 bridgehead atoms. The van der Waals surface area contributed by atoms with Crippen molar-refractivity contribution in [2.45, 2.75) is 5.51 Å². The lowest BCUT2D eigenvalue weighted by Crippen LogP contribution is -2.28. The molecule has 0 heterocycles. The molecule has 0 unspecified atom stereocenters. The molecule has 0 atom stereocenters. The van der Waals surface area contributed by atoms with Gasteiger partial charge in [0.25, 0.3) is 0 Å². The van der Waals surface area contributed by atoms with Crippen LogP contribution in [0.2, 0.25) is 0 Å². The van der Waals surface area contributed by atoms with Crippen molar-refractivity contribution in [2.24, 2.45) is 0 Å². The van der Waals surface area contributed by atoms with Crippen LogP contribution in [0.3, 0.4) is 0 Å². The third kappa shape index (κ3) is 2.64. The molecule has 0 aliphatic carbocycles. The Kier molecular flexibility index (Phi) is 3.51. The van der Waals surface area contributed by atoms with E-state index < -0.39 is 21.4 Å². The van der Waals surface area contributed by atoms with Gasteiger partial charge in [-0.1, -0.05) is 24.3 Å². The van der Waals surface area contributed by atoms with Gasteiger partial charge in [-0.3, -0.25) is 0 Å². The summed E-state index contributed by atoms with van der Waals surface area (Å²) in [5.41, 5.74) is -5.49. The monoisotopic (exact) mass is 306 g/mol. The Labute approximate surface area is 112 Å². The SMILES string of the molecule is COc1cc(OS(=O)(=O)C(F)(F)F)c2ccccc2c1. The molecule has 0 saturated heterocycles. The molecule has 0 radical (unpaired) electrons. The topological polar surface area (TPSA) is 52.6 Å². The highest BCUT2D eigenvalue weighted by molar-refractivity contribution is 7.88. The number of rotatable bonds is 3. The van der Waals surface area contributed by atoms with E-state index in [-0.39, 0.29) is 11.1 Å². The summed E-state index contributed by atoms with van der Waals surface area (Å²) < 4.78 is 68.3. The normalized spacial score (nSPS) is 12.4. The number of ether oxygens (including phenoxy) is 1. The van der Waals surface area contributed by atoms with E-state index in [0.717, 1.165) is 6.07 Å². The van der Waals surface area contributed by atoms with Gasteiger partial charge in [0, 0.05) is 11.5 Å². The van der Waals surface area contributed by atoms with Gasteiger partial charge < -0.3 is 8.92 Å². The van der Waals surface area contributed by atoms with Gasteiger partial charge in [-0.15, -0.1) is 0 Å². The Bertz CT molecular complexity index is 738. The summed E-state index contributed by atoms with van der Waals surface area (Å²) in [6.07, 6.45) is 0. The fourth-order valence-electron chi connectivity index (χ4n) is 1.60. The maximum Gasteiger partial charge on any atom is 0.534 e. The van der Waals surface area contributed by atoms with Crippen molar-refractivity contribution in [2.75, 3.05) is 7.11 Å². The lowest BCUT2D eigenvalue weighted by atomic mass is 10.1. The van der Waals surface area contributed by atoms with Crippen molar-refractivity contribution in [1.82, 2.24) is 0 Å². The highest BCUT2D eigenvalue weighted by atomic mass is 32.2. The molecule has 2 aromatic carbocycles. The molecule has 4 nitrogen and oxygen atoms in total. The van der Waals surface area contributed by atoms with Crippen LogP contribution >= 0.6 is 0 Å². The molecule has 0 aliphatic heterocycles. The molecule has 0 aliphatic rings. The third-order valence-corrected chi connectivity index (χ3v) is 3.48. The number of benzene rings is 2. The molecule has 108 valence electrons. The van der Waals surface area contributed by atoms with Crippen LogP contribution in [0.15, 0.2) is 36.4 Å². The molecular formula is C12H9F3O4S. The predicted octanol–water partition coefficient (Wildman–Crippen LogP) is 3.08. The summed E-state index contributed by atoms with van der Waals surface area (Å²) in [4.78, 5) is 0. The summed E-state index contributed by atoms with van der Waals surface area (Å²) in [6.45, 7) is 0. The molecule has 0 amide bonds. The summed E-state index contributed by atoms with van der Waals surface area (Å²) in [5, 5.41) is 0.736. The minimum Gasteiger partial charge on any atom is -0.497 e. The van der Waals surface area contributed by atoms with Gasteiger partial charge in [0.2, 0.25) is 0 Å². The van der Waals surface area contributed by atoms with Gasteiger partial charge >= 0.3 is 15.6 Å². The lowest BCUT2D eigenvalue weighted by molar-refractivity contribution is -0.0499. The smallest absolute Gasteiger partial charge is 0.497 e. The predicted molar refractivity (Wildman–Crippen MR) is 66.1 cm³/mol. The van der Waals surface area contributed by atoms with E-state index in [1.165, 1.54) is 13.2 Å². The maximum absolute atomic E-state index is 12.4. The molecule has 8 heteroatoms. The van der Waals surface area contributed by atoms with E-state index in [2.05, 4.69) is 4.18 Å². The van der Waals surface area contributed by atoms with Crippen molar-refractivity contribution in [3.63, 3.8) is 0 Å². The van der Waals surface area contributed by atoms with Crippen molar-refractivity contribution < 1.29 is 30.5 Å². The molecule has 20 heavy (non-hydrogen) atoms. The zero-order valence-electron chi connectivity index (χ0n) is 10.1. The fraction of sp³-hybridized carbons (Fsp3) is 0.167. The number of halogens is 3. The Morgan fingerprint density at radius 3 is 2.35 bits per heavy atom. The summed E-state index contributed by atoms with van der Waals surface area (Å²) >= 11 is 0. The van der Waals surface area contributed by atoms with Gasteiger partial charge in [0.05, 0.1) is 7.11 Å². The molecular weight excluding hydrogens is 297 g/mol. The average molecular weight is 306 g/mol. The lowest BCUT2D eigenvalue weighted by Gasteiger charge is -2.12. The largest absolute Gasteiger partial charge is 0.534 e. The fourth-order valence-corrected chi connectivity index (χ4v) is 2.07. The van der Waals surface area contributed by atoms with Crippen LogP contribution in [-0.4, -0.2) is 21.0 Å². The number of alkyl halides is 3. The highest BCUT2D eigenvalue weighted by Gasteiger charge is 2.48. The summed E-state index contributed by atoms with van der Waals surface area (Å²) in [7, 11) is -4.41. The number of hydrogen-bond donors (Lipinski definition) is 0. The van der Waals surface area contributed by atoms with E-state index in [0.29, 0.717) is 5.39 Å². The van der Waals surface area contributed by atoms with Gasteiger partial charge in [-0.25, -0.2) is 0 Å². The van der Waals surface area contributed by atoms with E-state index in [1.807, 2.05) is 0 Å². The van der Waals surface area contributed by atoms with E-state index >= 15 is 0 Å². The maximum atomic E-state index is 12.4. The molecule has 0 saturated carbocycles. The van der Waals surface area contributed by atoms with E-state index in [9.17, 15) is 21.6 Å². The van der Waals surface area contributed by atoms with Gasteiger partial charge in [-0.05, 0) is 11.5 Å². The Morgan fingerprint density at radius 2 is 1.75 bits per heavy atom. The third-order valence-electron chi connectivity index (χ3n) is 2.52. The average Bonchev–Trinajstić information content (AvgIpc) is 2.36. The second kappa shape index (κ2) is 4.86. The van der Waals surface area contributed by atoms with Crippen LogP contribution in [-0.2, 0) is 10.1 Å². The van der Waals surface area contributed by atoms with Crippen LogP contribution < -0.4 is 8.92 Å². The first-order valence-electron chi connectivity index (χ1n) is 5.32. The molecule has 2 rings (SSSR count). The Balaban J connectivity index is 2.59. The zero-order valence-corrected chi connectivity index (χ0v) is 11.0. The van der Waals surface area contributed by atoms with Crippen LogP contribution in [0.25, 0.3) is 10.8 Å². The molecule has 0 aromatic heterocycles. The minimum atomic E-state index is -5.72. The number of hydrogen-bond acceptors (Lipinski definition) is 4. The number of methoxy groups -OCH3 is 1. The Hall–Kier alpha value is -1.96. The van der Waals surface area contributed by atoms with Gasteiger partial charge in [-0.2, -0.15) is 21.6 Å². The Morgan fingerprint density at radius 1 is 1.10 bits per heavy atom. The molecule has 0 fully saturated rings. The van der Waals surface area contributed by atoms with Crippen molar-refractivity contribution >= 4 is 20.9 Å². The molecule has 2 aromatic rings. The standard InChI is InChI=1S/C12H9F3O4S/c1-18-9-6-8-4-2-3-5-10(8)11(7-9)19-20(16,17)12(13,14)15/h2-7H,1H3. The quantitative estimate of drug-likeness (QED) is 0.646. The van der Waals surface area contributed by atoms with Crippen molar-refractivity contribution in [3.8, 4) is 11.5 Å². The van der Waals surface area contributed by atoms with Gasteiger partial charge in [0.1, 0.15) is 5.75 Å². The second-order valence-corrected chi connectivity index (χ2v) is 5.37. The number of fused-ring (bicyclic) bond motifs is 1. The molecule has 0 spiro atoms. The first-order chi connectivity index (χ1) is 9.24. The summed E-state index contributed by atoms with van der Waals surface area (Å²) in [6, 6.07) is 8.92. The van der Waals surface area contributed by atoms with Crippen LogP contribution in [0.5, 0.6) is 11.5 Å². The molecule has 0 N–H and O–H groups in total. The van der Waals surface area contributed by atoms with Gasteiger partial charge in [0.15, 0.2) is 5.75 Å². The zero-order chi connectivity index (χ0) is 15.0. The second-order valence-electron chi connectivity index (χ2n) is 3.83.